The third-order valence-corrected chi connectivity index (χ3v) is 6.98. The fraction of sp³-hybridized carbons (Fsp3) is 0.276. The number of alkyl halides is 3. The first-order valence-electron chi connectivity index (χ1n) is 12.7. The number of rotatable bonds is 7. The predicted octanol–water partition coefficient (Wildman–Crippen LogP) is 4.65. The van der Waals surface area contributed by atoms with Crippen molar-refractivity contribution in [2.75, 3.05) is 4.90 Å². The van der Waals surface area contributed by atoms with Crippen LogP contribution >= 0.6 is 0 Å². The van der Waals surface area contributed by atoms with Crippen LogP contribution in [0.2, 0.25) is 0 Å². The van der Waals surface area contributed by atoms with Crippen LogP contribution in [-0.2, 0) is 22.6 Å². The van der Waals surface area contributed by atoms with Crippen molar-refractivity contribution in [3.63, 3.8) is 0 Å². The van der Waals surface area contributed by atoms with Gasteiger partial charge < -0.3 is 20.3 Å². The van der Waals surface area contributed by atoms with Gasteiger partial charge in [-0.2, -0.15) is 0 Å². The van der Waals surface area contributed by atoms with Crippen molar-refractivity contribution in [2.45, 2.75) is 50.2 Å². The average molecular weight is 556 g/mol. The minimum atomic E-state index is -4.84. The van der Waals surface area contributed by atoms with Crippen LogP contribution in [0.5, 0.6) is 5.75 Å². The van der Waals surface area contributed by atoms with Crippen molar-refractivity contribution in [1.29, 1.82) is 0 Å². The van der Waals surface area contributed by atoms with Crippen molar-refractivity contribution in [3.8, 4) is 5.75 Å². The summed E-state index contributed by atoms with van der Waals surface area (Å²) in [5, 5.41) is 5.57. The summed E-state index contributed by atoms with van der Waals surface area (Å²) in [6.45, 7) is -0.0357. The molecule has 0 aromatic heterocycles. The molecule has 1 atom stereocenters. The molecule has 1 aliphatic heterocycles. The van der Waals surface area contributed by atoms with Crippen LogP contribution in [0.3, 0.4) is 0 Å². The number of fused-ring (bicyclic) bond motifs is 1. The number of benzene rings is 3. The molecule has 11 heteroatoms. The zero-order valence-corrected chi connectivity index (χ0v) is 21.1. The zero-order valence-electron chi connectivity index (χ0n) is 21.1. The number of hydrogen-bond acceptors (Lipinski definition) is 4. The normalized spacial score (nSPS) is 17.9. The van der Waals surface area contributed by atoms with Crippen molar-refractivity contribution in [1.82, 2.24) is 10.6 Å². The number of hydrogen-bond donors (Lipinski definition) is 2. The maximum Gasteiger partial charge on any atom is 0.573 e. The molecular formula is C29H25F4N3O4. The molecule has 1 unspecified atom stereocenters. The van der Waals surface area contributed by atoms with Gasteiger partial charge in [0.2, 0.25) is 11.8 Å². The number of ether oxygens (including phenoxy) is 1. The molecule has 3 aromatic rings. The largest absolute Gasteiger partial charge is 0.573 e. The molecule has 0 radical (unpaired) electrons. The Kier molecular flexibility index (Phi) is 7.22. The van der Waals surface area contributed by atoms with E-state index in [1.807, 2.05) is 0 Å². The summed E-state index contributed by atoms with van der Waals surface area (Å²) in [7, 11) is 0. The van der Waals surface area contributed by atoms with E-state index in [0.717, 1.165) is 12.1 Å². The fourth-order valence-electron chi connectivity index (χ4n) is 4.73. The van der Waals surface area contributed by atoms with Crippen molar-refractivity contribution >= 4 is 23.4 Å². The van der Waals surface area contributed by atoms with Gasteiger partial charge in [0, 0.05) is 11.3 Å². The number of nitrogens with zero attached hydrogens (tertiary/aromatic N) is 1. The molecule has 7 nitrogen and oxygen atoms in total. The van der Waals surface area contributed by atoms with Crippen LogP contribution in [0.4, 0.5) is 23.2 Å². The van der Waals surface area contributed by atoms with E-state index in [-0.39, 0.29) is 13.0 Å². The Bertz CT molecular complexity index is 1420. The number of anilines is 1. The Labute approximate surface area is 227 Å². The Morgan fingerprint density at radius 1 is 1.00 bits per heavy atom. The number of aryl methyl sites for hydroxylation is 1. The first-order valence-corrected chi connectivity index (χ1v) is 12.7. The number of carbonyl (C=O) groups excluding carboxylic acids is 3. The number of nitrogens with one attached hydrogen (secondary N) is 2. The first kappa shape index (κ1) is 27.2. The van der Waals surface area contributed by atoms with Crippen molar-refractivity contribution < 1.29 is 36.7 Å². The van der Waals surface area contributed by atoms with Crippen LogP contribution in [0.1, 0.15) is 40.7 Å². The van der Waals surface area contributed by atoms with Gasteiger partial charge in [-0.25, -0.2) is 4.39 Å². The number of carbonyl (C=O) groups is 3. The molecule has 208 valence electrons. The van der Waals surface area contributed by atoms with Crippen LogP contribution < -0.4 is 20.3 Å². The van der Waals surface area contributed by atoms with Crippen LogP contribution in [0.15, 0.2) is 72.8 Å². The van der Waals surface area contributed by atoms with Gasteiger partial charge in [-0.05, 0) is 79.3 Å². The molecule has 1 heterocycles. The Morgan fingerprint density at radius 2 is 1.70 bits per heavy atom. The topological polar surface area (TPSA) is 87.7 Å². The third-order valence-electron chi connectivity index (χ3n) is 6.98. The second-order valence-corrected chi connectivity index (χ2v) is 9.86. The predicted molar refractivity (Wildman–Crippen MR) is 137 cm³/mol. The lowest BCUT2D eigenvalue weighted by atomic mass is 10.0. The van der Waals surface area contributed by atoms with Gasteiger partial charge in [0.1, 0.15) is 23.1 Å². The quantitative estimate of drug-likeness (QED) is 0.416. The van der Waals surface area contributed by atoms with Crippen LogP contribution in [0, 0.1) is 5.82 Å². The monoisotopic (exact) mass is 555 g/mol. The van der Waals surface area contributed by atoms with Gasteiger partial charge in [0.15, 0.2) is 0 Å². The fourth-order valence-corrected chi connectivity index (χ4v) is 4.73. The summed E-state index contributed by atoms with van der Waals surface area (Å²) in [6, 6.07) is 16.6. The first-order chi connectivity index (χ1) is 19.0. The van der Waals surface area contributed by atoms with E-state index >= 15 is 0 Å². The van der Waals surface area contributed by atoms with Gasteiger partial charge >= 0.3 is 6.36 Å². The van der Waals surface area contributed by atoms with Gasteiger partial charge in [0.05, 0.1) is 6.54 Å². The molecule has 0 saturated heterocycles. The molecule has 1 aliphatic carbocycles. The summed E-state index contributed by atoms with van der Waals surface area (Å²) in [4.78, 5) is 41.1. The summed E-state index contributed by atoms with van der Waals surface area (Å²) in [5.41, 5.74) is 0.775. The smallest absolute Gasteiger partial charge is 0.406 e. The zero-order chi connectivity index (χ0) is 28.5. The van der Waals surface area contributed by atoms with E-state index < -0.39 is 47.2 Å². The molecular weight excluding hydrogens is 530 g/mol. The van der Waals surface area contributed by atoms with Gasteiger partial charge in [-0.3, -0.25) is 14.4 Å². The van der Waals surface area contributed by atoms with E-state index in [1.165, 1.54) is 35.2 Å². The van der Waals surface area contributed by atoms with E-state index in [2.05, 4.69) is 15.4 Å². The molecule has 0 spiro atoms. The summed E-state index contributed by atoms with van der Waals surface area (Å²) >= 11 is 0. The lowest BCUT2D eigenvalue weighted by Crippen LogP contribution is -2.55. The average Bonchev–Trinajstić information content (AvgIpc) is 3.71. The SMILES string of the molecule is O=C(NC1(C(=O)NC2CCc3cc(F)ccc3N(Cc3ccc(OC(F)(F)F)cc3)C2=O)CC1)c1ccccc1. The maximum atomic E-state index is 14.1. The molecule has 2 aliphatic rings. The minimum Gasteiger partial charge on any atom is -0.406 e. The summed E-state index contributed by atoms with van der Waals surface area (Å²) < 4.78 is 55.6. The summed E-state index contributed by atoms with van der Waals surface area (Å²) in [5.74, 6) is -2.23. The molecule has 3 aromatic carbocycles. The van der Waals surface area contributed by atoms with E-state index in [0.29, 0.717) is 41.6 Å². The van der Waals surface area contributed by atoms with E-state index in [9.17, 15) is 31.9 Å². The van der Waals surface area contributed by atoms with Gasteiger partial charge in [-0.15, -0.1) is 13.2 Å². The van der Waals surface area contributed by atoms with Crippen LogP contribution in [0.25, 0.3) is 0 Å². The van der Waals surface area contributed by atoms with Gasteiger partial charge in [-0.1, -0.05) is 30.3 Å². The van der Waals surface area contributed by atoms with Gasteiger partial charge in [0.25, 0.3) is 5.91 Å². The molecule has 3 amide bonds. The van der Waals surface area contributed by atoms with E-state index in [4.69, 9.17) is 0 Å². The number of halogens is 4. The molecule has 40 heavy (non-hydrogen) atoms. The Hall–Kier alpha value is -4.41. The Morgan fingerprint density at radius 3 is 2.35 bits per heavy atom. The van der Waals surface area contributed by atoms with Crippen molar-refractivity contribution in [2.24, 2.45) is 0 Å². The third kappa shape index (κ3) is 6.08. The second kappa shape index (κ2) is 10.6. The highest BCUT2D eigenvalue weighted by atomic mass is 19.4. The maximum absolute atomic E-state index is 14.1. The molecule has 2 N–H and O–H groups in total. The highest BCUT2D eigenvalue weighted by Crippen LogP contribution is 2.37. The van der Waals surface area contributed by atoms with E-state index in [1.54, 1.807) is 30.3 Å². The minimum absolute atomic E-state index is 0.0357. The van der Waals surface area contributed by atoms with Crippen molar-refractivity contribution in [3.05, 3.63) is 95.3 Å². The standard InChI is InChI=1S/C29H25F4N3O4/c30-21-9-13-24-20(16-21)8-12-23(26(38)36(24)17-18-6-10-22(11-7-18)40-29(31,32)33)34-27(39)28(14-15-28)35-25(37)19-4-2-1-3-5-19/h1-7,9-11,13,16,23H,8,12,14-15,17H2,(H,34,39)(H,35,37). The summed E-state index contributed by atoms with van der Waals surface area (Å²) in [6.07, 6.45) is -3.52. The highest BCUT2D eigenvalue weighted by Gasteiger charge is 2.52. The number of amides is 3. The molecule has 1 fully saturated rings. The van der Waals surface area contributed by atoms with Crippen LogP contribution in [-0.4, -0.2) is 35.7 Å². The lowest BCUT2D eigenvalue weighted by molar-refractivity contribution is -0.274. The lowest BCUT2D eigenvalue weighted by Gasteiger charge is -2.28. The molecule has 0 bridgehead atoms. The highest BCUT2D eigenvalue weighted by molar-refractivity contribution is 6.04. The second-order valence-electron chi connectivity index (χ2n) is 9.86. The Balaban J connectivity index is 1.34. The molecule has 5 rings (SSSR count). The molecule has 1 saturated carbocycles.